The van der Waals surface area contributed by atoms with Gasteiger partial charge < -0.3 is 49.1 Å². The van der Waals surface area contributed by atoms with Crippen molar-refractivity contribution >= 4 is 23.8 Å². The second kappa shape index (κ2) is 16.9. The fourth-order valence-electron chi connectivity index (χ4n) is 9.07. The first-order chi connectivity index (χ1) is 25.4. The molecule has 0 radical (unpaired) electrons. The van der Waals surface area contributed by atoms with E-state index < -0.39 is 89.7 Å². The van der Waals surface area contributed by atoms with Gasteiger partial charge in [-0.1, -0.05) is 45.9 Å². The molecule has 0 saturated carbocycles. The molecule has 1 unspecified atom stereocenters. The van der Waals surface area contributed by atoms with Gasteiger partial charge in [0.05, 0.1) is 55.1 Å². The van der Waals surface area contributed by atoms with Crippen LogP contribution in [0.1, 0.15) is 85.0 Å². The number of rotatable bonds is 6. The van der Waals surface area contributed by atoms with Gasteiger partial charge in [0.25, 0.3) is 5.91 Å². The summed E-state index contributed by atoms with van der Waals surface area (Å²) >= 11 is 0. The first kappa shape index (κ1) is 42.0. The number of hydrogen-bond acceptors (Lipinski definition) is 12. The molecule has 4 aliphatic heterocycles. The molecule has 1 aromatic rings. The summed E-state index contributed by atoms with van der Waals surface area (Å²) in [7, 11) is 3.79. The third-order valence-corrected chi connectivity index (χ3v) is 12.1. The molecule has 4 heterocycles. The maximum Gasteiger partial charge on any atom is 0.408 e. The Kier molecular flexibility index (Phi) is 13.2. The Balaban J connectivity index is 1.61. The monoisotopic (exact) mass is 759 g/mol. The number of hydrogen-bond donors (Lipinski definition) is 3. The normalized spacial score (nSPS) is 42.4. The highest BCUT2D eigenvalue weighted by Crippen LogP contribution is 2.42. The van der Waals surface area contributed by atoms with E-state index in [1.165, 1.54) is 0 Å². The Morgan fingerprint density at radius 3 is 2.37 bits per heavy atom. The van der Waals surface area contributed by atoms with Crippen molar-refractivity contribution in [2.75, 3.05) is 27.3 Å². The number of aliphatic hydroxyl groups excluding tert-OH is 1. The first-order valence-corrected chi connectivity index (χ1v) is 19.4. The number of ketones is 1. The number of carbonyl (C=O) groups is 4. The molecule has 14 heteroatoms. The minimum atomic E-state index is -1.33. The first-order valence-electron chi connectivity index (χ1n) is 19.4. The lowest BCUT2D eigenvalue weighted by atomic mass is 9.73. The zero-order valence-corrected chi connectivity index (χ0v) is 33.4. The highest BCUT2D eigenvalue weighted by Gasteiger charge is 2.57. The average Bonchev–Trinajstić information content (AvgIpc) is 3.46. The van der Waals surface area contributed by atoms with Crippen LogP contribution in [0, 0.1) is 23.7 Å². The minimum absolute atomic E-state index is 0.0136. The van der Waals surface area contributed by atoms with Gasteiger partial charge in [-0.25, -0.2) is 4.79 Å². The number of Topliss-reactive ketones (excluding diaryl/α,β-unsaturated/α-hetero) is 1. The van der Waals surface area contributed by atoms with Crippen molar-refractivity contribution < 1.29 is 52.7 Å². The van der Waals surface area contributed by atoms with Crippen LogP contribution in [0.25, 0.3) is 0 Å². The molecule has 0 aliphatic carbocycles. The van der Waals surface area contributed by atoms with Gasteiger partial charge in [0.1, 0.15) is 18.0 Å². The molecule has 15 atom stereocenters. The summed E-state index contributed by atoms with van der Waals surface area (Å²) in [5.74, 6) is -3.92. The molecule has 0 spiro atoms. The Bertz CT molecular complexity index is 1500. The van der Waals surface area contributed by atoms with Crippen LogP contribution in [0.5, 0.6) is 0 Å². The Morgan fingerprint density at radius 2 is 1.72 bits per heavy atom. The van der Waals surface area contributed by atoms with Crippen molar-refractivity contribution in [3.63, 3.8) is 0 Å². The van der Waals surface area contributed by atoms with Crippen LogP contribution in [-0.4, -0.2) is 127 Å². The van der Waals surface area contributed by atoms with E-state index in [0.29, 0.717) is 18.4 Å². The zero-order chi connectivity index (χ0) is 39.7. The maximum atomic E-state index is 14.5. The molecule has 4 saturated heterocycles. The smallest absolute Gasteiger partial charge is 0.408 e. The number of nitrogens with zero attached hydrogens (tertiary/aromatic N) is 1. The van der Waals surface area contributed by atoms with Crippen LogP contribution in [0.4, 0.5) is 4.79 Å². The van der Waals surface area contributed by atoms with Gasteiger partial charge in [-0.2, -0.15) is 0 Å². The number of benzene rings is 1. The van der Waals surface area contributed by atoms with Gasteiger partial charge in [0.2, 0.25) is 0 Å². The second-order valence-corrected chi connectivity index (χ2v) is 16.6. The fourth-order valence-corrected chi connectivity index (χ4v) is 9.07. The van der Waals surface area contributed by atoms with E-state index in [-0.39, 0.29) is 43.5 Å². The summed E-state index contributed by atoms with van der Waals surface area (Å²) in [6.07, 6.45) is -4.63. The van der Waals surface area contributed by atoms with Crippen molar-refractivity contribution in [3.8, 4) is 0 Å². The molecule has 4 aliphatic rings. The number of ether oxygens (including phenoxy) is 6. The van der Waals surface area contributed by atoms with Gasteiger partial charge in [-0.15, -0.1) is 0 Å². The second-order valence-electron chi connectivity index (χ2n) is 16.6. The highest BCUT2D eigenvalue weighted by molar-refractivity contribution is 5.94. The standard InChI is InChI=1S/C40H61N3O11/c1-11-29-40(8)33(42-38(48)54-40)23(4)30(44)21(2)18-39(7)34(53-37-31(45)28(43(9)10)17-22(3)51-37)24(5)32(25(6)36(47)52-29)49-19-27(20-50-39)41-35(46)26-15-13-12-14-16-26/h12-16,21-25,27-29,31-34,37,45H,11,17-20H2,1-10H3,(H,41,46)(H,42,48)/t21-,22-,23+,24+,25-,27?,28+,29-,31-,32+,33-,34-,37+,39-,40-/m1/s1. The highest BCUT2D eigenvalue weighted by atomic mass is 16.7. The number of aliphatic hydroxyl groups is 1. The van der Waals surface area contributed by atoms with Crippen LogP contribution >= 0.6 is 0 Å². The van der Waals surface area contributed by atoms with E-state index in [1.54, 1.807) is 45.0 Å². The predicted molar refractivity (Wildman–Crippen MR) is 197 cm³/mol. The van der Waals surface area contributed by atoms with E-state index in [0.717, 1.165) is 0 Å². The largest absolute Gasteiger partial charge is 0.458 e. The molecule has 302 valence electrons. The summed E-state index contributed by atoms with van der Waals surface area (Å²) in [6.45, 7) is 14.5. The molecular formula is C40H61N3O11. The van der Waals surface area contributed by atoms with E-state index in [4.69, 9.17) is 28.4 Å². The van der Waals surface area contributed by atoms with Gasteiger partial charge in [0, 0.05) is 29.4 Å². The van der Waals surface area contributed by atoms with Gasteiger partial charge in [0.15, 0.2) is 11.9 Å². The van der Waals surface area contributed by atoms with Crippen molar-refractivity contribution in [3.05, 3.63) is 35.9 Å². The summed E-state index contributed by atoms with van der Waals surface area (Å²) < 4.78 is 38.7. The van der Waals surface area contributed by atoms with Gasteiger partial charge in [-0.05, 0) is 73.2 Å². The number of cyclic esters (lactones) is 1. The summed E-state index contributed by atoms with van der Waals surface area (Å²) in [5, 5.41) is 17.5. The van der Waals surface area contributed by atoms with Gasteiger partial charge in [-0.3, -0.25) is 14.4 Å². The van der Waals surface area contributed by atoms with E-state index in [1.807, 2.05) is 59.7 Å². The SMILES string of the molecule is CC[C@H]1OC(=O)[C@H](C)[C@H]2OCC(NC(=O)c3ccccc3)CO[C@](C)(C[C@@H](C)C(=O)[C@H](C)[C@H]3NC(=O)O[C@@]31C)[C@H](O[C@@H]1O[C@H](C)C[C@H](N(C)C)[C@H]1O)[C@H]2C. The van der Waals surface area contributed by atoms with Crippen LogP contribution in [-0.2, 0) is 38.0 Å². The molecule has 0 aromatic heterocycles. The third-order valence-electron chi connectivity index (χ3n) is 12.1. The maximum absolute atomic E-state index is 14.5. The van der Waals surface area contributed by atoms with E-state index >= 15 is 0 Å². The summed E-state index contributed by atoms with van der Waals surface area (Å²) in [5.41, 5.74) is -2.13. The van der Waals surface area contributed by atoms with Crippen molar-refractivity contribution in [1.82, 2.24) is 15.5 Å². The average molecular weight is 760 g/mol. The summed E-state index contributed by atoms with van der Waals surface area (Å²) in [4.78, 5) is 56.9. The number of amides is 2. The number of likely N-dealkylation sites (N-methyl/N-ethyl adjacent to an activating group) is 1. The number of nitrogens with one attached hydrogen (secondary N) is 2. The Hall–Kier alpha value is -3.14. The van der Waals surface area contributed by atoms with Crippen LogP contribution in [0.15, 0.2) is 30.3 Å². The quantitative estimate of drug-likeness (QED) is 0.362. The molecule has 3 N–H and O–H groups in total. The number of fused-ring (bicyclic) bond motifs is 4. The van der Waals surface area contributed by atoms with Crippen LogP contribution in [0.2, 0.25) is 0 Å². The molecule has 1 aromatic carbocycles. The van der Waals surface area contributed by atoms with E-state index in [2.05, 4.69) is 10.6 Å². The van der Waals surface area contributed by atoms with Crippen LogP contribution < -0.4 is 10.6 Å². The molecular weight excluding hydrogens is 698 g/mol. The molecule has 14 nitrogen and oxygen atoms in total. The van der Waals surface area contributed by atoms with Crippen molar-refractivity contribution in [2.24, 2.45) is 23.7 Å². The minimum Gasteiger partial charge on any atom is -0.458 e. The molecule has 2 bridgehead atoms. The molecule has 54 heavy (non-hydrogen) atoms. The van der Waals surface area contributed by atoms with Crippen LogP contribution in [0.3, 0.4) is 0 Å². The van der Waals surface area contributed by atoms with Gasteiger partial charge >= 0.3 is 12.1 Å². The summed E-state index contributed by atoms with van der Waals surface area (Å²) in [6, 6.07) is 7.09. The Morgan fingerprint density at radius 1 is 1.04 bits per heavy atom. The lowest BCUT2D eigenvalue weighted by molar-refractivity contribution is -0.302. The number of carbonyl (C=O) groups excluding carboxylic acids is 4. The van der Waals surface area contributed by atoms with E-state index in [9.17, 15) is 24.3 Å². The fraction of sp³-hybridized carbons (Fsp3) is 0.750. The molecule has 2 amide bonds. The number of esters is 1. The lowest BCUT2D eigenvalue weighted by Crippen LogP contribution is -2.60. The Labute approximate surface area is 319 Å². The predicted octanol–water partition coefficient (Wildman–Crippen LogP) is 3.48. The zero-order valence-electron chi connectivity index (χ0n) is 33.4. The molecule has 4 fully saturated rings. The van der Waals surface area contributed by atoms with Crippen molar-refractivity contribution in [2.45, 2.75) is 141 Å². The molecule has 5 rings (SSSR count). The van der Waals surface area contributed by atoms with Crippen molar-refractivity contribution in [1.29, 1.82) is 0 Å². The topological polar surface area (TPSA) is 171 Å². The number of alkyl carbamates (subject to hydrolysis) is 1. The third kappa shape index (κ3) is 8.63. The lowest BCUT2D eigenvalue weighted by Gasteiger charge is -2.48.